The van der Waals surface area contributed by atoms with E-state index in [-0.39, 0.29) is 23.8 Å². The van der Waals surface area contributed by atoms with Gasteiger partial charge < -0.3 is 20.3 Å². The van der Waals surface area contributed by atoms with Gasteiger partial charge in [-0.3, -0.25) is 4.79 Å². The number of nitrogens with zero attached hydrogens (tertiary/aromatic N) is 6. The Balaban J connectivity index is 1.51. The molecular formula is C22H24N8O3. The first kappa shape index (κ1) is 21.8. The molecule has 4 rings (SSSR count). The third-order valence-corrected chi connectivity index (χ3v) is 5.22. The van der Waals surface area contributed by atoms with Gasteiger partial charge in [-0.25, -0.2) is 15.0 Å². The minimum Gasteiger partial charge on any atom is -0.507 e. The van der Waals surface area contributed by atoms with E-state index in [1.807, 2.05) is 44.2 Å². The molecule has 4 N–H and O–H groups in total. The number of para-hydroxylation sites is 2. The molecular weight excluding hydrogens is 424 g/mol. The Kier molecular flexibility index (Phi) is 6.20. The zero-order valence-electron chi connectivity index (χ0n) is 18.3. The molecule has 0 radical (unpaired) electrons. The summed E-state index contributed by atoms with van der Waals surface area (Å²) in [6.45, 7) is 5.68. The summed E-state index contributed by atoms with van der Waals surface area (Å²) in [5.41, 5.74) is 11.4. The van der Waals surface area contributed by atoms with Gasteiger partial charge in [0.1, 0.15) is 12.3 Å². The number of aromatic hydroxyl groups is 1. The molecule has 0 saturated carbocycles. The van der Waals surface area contributed by atoms with Crippen molar-refractivity contribution in [3.8, 4) is 17.3 Å². The van der Waals surface area contributed by atoms with Crippen molar-refractivity contribution in [1.82, 2.24) is 25.3 Å². The summed E-state index contributed by atoms with van der Waals surface area (Å²) >= 11 is 0. The number of phenols is 1. The summed E-state index contributed by atoms with van der Waals surface area (Å²) in [4.78, 5) is 19.3. The van der Waals surface area contributed by atoms with E-state index >= 15 is 0 Å². The molecule has 0 fully saturated rings. The third-order valence-electron chi connectivity index (χ3n) is 5.22. The van der Waals surface area contributed by atoms with Crippen LogP contribution in [-0.2, 0) is 11.3 Å². The minimum atomic E-state index is -0.398. The first-order valence-corrected chi connectivity index (χ1v) is 10.4. The van der Waals surface area contributed by atoms with Crippen LogP contribution in [0.2, 0.25) is 0 Å². The Bertz CT molecular complexity index is 1310. The first-order chi connectivity index (χ1) is 16.0. The number of nitrogen functional groups attached to an aromatic ring is 1. The number of imidazole rings is 1. The Labute approximate surface area is 189 Å². The van der Waals surface area contributed by atoms with E-state index in [9.17, 15) is 9.90 Å². The number of phenolic OH excluding ortho intramolecular Hbond substituents is 1. The van der Waals surface area contributed by atoms with E-state index in [0.717, 1.165) is 24.3 Å². The van der Waals surface area contributed by atoms with Crippen LogP contribution in [0.4, 0.5) is 11.5 Å². The number of carbonyl (C=O) groups excluding carboxylic acids is 1. The molecule has 0 atom stereocenters. The van der Waals surface area contributed by atoms with E-state index in [0.29, 0.717) is 16.9 Å². The van der Waals surface area contributed by atoms with Crippen LogP contribution in [0, 0.1) is 0 Å². The highest BCUT2D eigenvalue weighted by molar-refractivity contribution is 5.87. The largest absolute Gasteiger partial charge is 0.507 e. The summed E-state index contributed by atoms with van der Waals surface area (Å²) in [5.74, 6) is 0.117. The van der Waals surface area contributed by atoms with Gasteiger partial charge in [0.05, 0.1) is 17.2 Å². The fourth-order valence-electron chi connectivity index (χ4n) is 3.55. The highest BCUT2D eigenvalue weighted by Crippen LogP contribution is 2.26. The highest BCUT2D eigenvalue weighted by Gasteiger charge is 2.20. The number of carbonyl (C=O) groups is 1. The van der Waals surface area contributed by atoms with Crippen LogP contribution >= 0.6 is 0 Å². The van der Waals surface area contributed by atoms with E-state index in [1.54, 1.807) is 16.7 Å². The second-order valence-corrected chi connectivity index (χ2v) is 7.22. The fraction of sp³-hybridized carbons (Fsp3) is 0.227. The number of amides is 1. The van der Waals surface area contributed by atoms with Crippen molar-refractivity contribution in [3.05, 3.63) is 48.0 Å². The monoisotopic (exact) mass is 448 g/mol. The molecule has 11 nitrogen and oxygen atoms in total. The molecule has 0 spiro atoms. The number of benzene rings is 2. The molecule has 2 heterocycles. The van der Waals surface area contributed by atoms with Gasteiger partial charge in [-0.2, -0.15) is 5.10 Å². The van der Waals surface area contributed by atoms with Crippen molar-refractivity contribution in [3.63, 3.8) is 0 Å². The van der Waals surface area contributed by atoms with Crippen LogP contribution in [0.15, 0.2) is 52.2 Å². The average Bonchev–Trinajstić information content (AvgIpc) is 3.39. The lowest BCUT2D eigenvalue weighted by Gasteiger charge is -2.21. The van der Waals surface area contributed by atoms with Gasteiger partial charge in [-0.1, -0.05) is 12.1 Å². The number of hydrogen-bond acceptors (Lipinski definition) is 9. The second kappa shape index (κ2) is 9.39. The SMILES string of the molecule is CCN(CC)c1ccc(/C=N/NC(=O)Cn2c(-c3nonc3N)nc3ccccc32)c(O)c1. The van der Waals surface area contributed by atoms with Crippen molar-refractivity contribution in [2.24, 2.45) is 5.10 Å². The molecule has 2 aromatic heterocycles. The minimum absolute atomic E-state index is 0.0774. The van der Waals surface area contributed by atoms with Gasteiger partial charge in [0.2, 0.25) is 0 Å². The van der Waals surface area contributed by atoms with Gasteiger partial charge in [0.15, 0.2) is 17.3 Å². The van der Waals surface area contributed by atoms with Crippen molar-refractivity contribution in [2.75, 3.05) is 23.7 Å². The van der Waals surface area contributed by atoms with Crippen LogP contribution in [0.25, 0.3) is 22.6 Å². The number of rotatable bonds is 8. The highest BCUT2D eigenvalue weighted by atomic mass is 16.6. The zero-order chi connectivity index (χ0) is 23.4. The Morgan fingerprint density at radius 3 is 2.73 bits per heavy atom. The number of hydrazone groups is 1. The van der Waals surface area contributed by atoms with Crippen LogP contribution in [0.5, 0.6) is 5.75 Å². The Morgan fingerprint density at radius 1 is 1.24 bits per heavy atom. The lowest BCUT2D eigenvalue weighted by molar-refractivity contribution is -0.121. The van der Waals surface area contributed by atoms with Gasteiger partial charge >= 0.3 is 0 Å². The number of aromatic nitrogens is 4. The predicted molar refractivity (Wildman–Crippen MR) is 125 cm³/mol. The number of fused-ring (bicyclic) bond motifs is 1. The molecule has 0 unspecified atom stereocenters. The molecule has 33 heavy (non-hydrogen) atoms. The summed E-state index contributed by atoms with van der Waals surface area (Å²) < 4.78 is 6.35. The van der Waals surface area contributed by atoms with Gasteiger partial charge in [-0.05, 0) is 48.4 Å². The lowest BCUT2D eigenvalue weighted by atomic mass is 10.2. The summed E-state index contributed by atoms with van der Waals surface area (Å²) in [5, 5.41) is 21.7. The van der Waals surface area contributed by atoms with Crippen LogP contribution in [-0.4, -0.2) is 50.2 Å². The van der Waals surface area contributed by atoms with Crippen molar-refractivity contribution < 1.29 is 14.5 Å². The number of anilines is 2. The van der Waals surface area contributed by atoms with E-state index in [1.165, 1.54) is 6.21 Å². The molecule has 0 bridgehead atoms. The van der Waals surface area contributed by atoms with E-state index < -0.39 is 5.91 Å². The molecule has 2 aromatic carbocycles. The van der Waals surface area contributed by atoms with Gasteiger partial charge in [0.25, 0.3) is 5.91 Å². The normalized spacial score (nSPS) is 11.3. The Hall–Kier alpha value is -4.41. The second-order valence-electron chi connectivity index (χ2n) is 7.22. The Morgan fingerprint density at radius 2 is 2.03 bits per heavy atom. The number of hydrogen-bond donors (Lipinski definition) is 3. The van der Waals surface area contributed by atoms with Gasteiger partial charge in [0, 0.05) is 30.4 Å². The topological polar surface area (TPSA) is 148 Å². The molecule has 1 amide bonds. The van der Waals surface area contributed by atoms with Crippen LogP contribution in [0.3, 0.4) is 0 Å². The fourth-order valence-corrected chi connectivity index (χ4v) is 3.55. The van der Waals surface area contributed by atoms with Crippen molar-refractivity contribution in [1.29, 1.82) is 0 Å². The quantitative estimate of drug-likeness (QED) is 0.275. The standard InChI is InChI=1S/C22H24N8O3/c1-3-29(4-2)15-10-9-14(18(31)11-15)12-24-26-19(32)13-30-17-8-6-5-7-16(17)25-22(30)20-21(23)28-33-27-20/h5-12,31H,3-4,13H2,1-2H3,(H2,23,28)(H,26,32)/b24-12+. The molecule has 0 aliphatic heterocycles. The maximum absolute atomic E-state index is 12.6. The maximum atomic E-state index is 12.6. The van der Waals surface area contributed by atoms with Crippen LogP contribution in [0.1, 0.15) is 19.4 Å². The predicted octanol–water partition coefficient (Wildman–Crippen LogP) is 2.37. The van der Waals surface area contributed by atoms with Gasteiger partial charge in [-0.15, -0.1) is 0 Å². The summed E-state index contributed by atoms with van der Waals surface area (Å²) in [6, 6.07) is 12.7. The lowest BCUT2D eigenvalue weighted by Crippen LogP contribution is -2.23. The average molecular weight is 448 g/mol. The first-order valence-electron chi connectivity index (χ1n) is 10.4. The molecule has 4 aromatic rings. The van der Waals surface area contributed by atoms with Crippen molar-refractivity contribution >= 4 is 34.7 Å². The molecule has 0 aliphatic rings. The molecule has 11 heteroatoms. The van der Waals surface area contributed by atoms with Crippen molar-refractivity contribution in [2.45, 2.75) is 20.4 Å². The third kappa shape index (κ3) is 4.47. The number of nitrogens with one attached hydrogen (secondary N) is 1. The summed E-state index contributed by atoms with van der Waals surface area (Å²) in [7, 11) is 0. The summed E-state index contributed by atoms with van der Waals surface area (Å²) in [6.07, 6.45) is 1.39. The van der Waals surface area contributed by atoms with E-state index in [2.05, 4.69) is 35.4 Å². The maximum Gasteiger partial charge on any atom is 0.260 e. The molecule has 0 aliphatic carbocycles. The van der Waals surface area contributed by atoms with E-state index in [4.69, 9.17) is 5.73 Å². The van der Waals surface area contributed by atoms with Crippen LogP contribution < -0.4 is 16.1 Å². The zero-order valence-corrected chi connectivity index (χ0v) is 18.3. The molecule has 170 valence electrons. The number of nitrogens with two attached hydrogens (primary N) is 1. The smallest absolute Gasteiger partial charge is 0.260 e. The molecule has 0 saturated heterocycles.